The van der Waals surface area contributed by atoms with Crippen LogP contribution in [0.1, 0.15) is 25.6 Å². The van der Waals surface area contributed by atoms with E-state index in [1.807, 2.05) is 39.0 Å². The minimum Gasteiger partial charge on any atom is -0.616 e. The van der Waals surface area contributed by atoms with Crippen LogP contribution in [0.3, 0.4) is 0 Å². The molecule has 2 atom stereocenters. The van der Waals surface area contributed by atoms with Gasteiger partial charge in [-0.3, -0.25) is 5.41 Å². The fourth-order valence-corrected chi connectivity index (χ4v) is 5.82. The summed E-state index contributed by atoms with van der Waals surface area (Å²) in [7, 11) is 1.58. The van der Waals surface area contributed by atoms with Crippen LogP contribution in [0.2, 0.25) is 5.02 Å². The van der Waals surface area contributed by atoms with E-state index in [-0.39, 0.29) is 5.84 Å². The van der Waals surface area contributed by atoms with E-state index in [1.165, 1.54) is 11.3 Å². The molecular formula is C17H20ClN3O2S2. The average Bonchev–Trinajstić information content (AvgIpc) is 2.96. The summed E-state index contributed by atoms with van der Waals surface area (Å²) in [4.78, 5) is 5.98. The lowest BCUT2D eigenvalue weighted by Crippen LogP contribution is -2.63. The summed E-state index contributed by atoms with van der Waals surface area (Å²) in [5.74, 6) is 1.22. The second kappa shape index (κ2) is 6.46. The Morgan fingerprint density at radius 2 is 2.12 bits per heavy atom. The smallest absolute Gasteiger partial charge is 0.213 e. The van der Waals surface area contributed by atoms with E-state index in [4.69, 9.17) is 21.7 Å². The molecule has 8 heteroatoms. The van der Waals surface area contributed by atoms with Crippen molar-refractivity contribution in [3.8, 4) is 16.3 Å². The zero-order chi connectivity index (χ0) is 18.4. The molecule has 1 fully saturated rings. The van der Waals surface area contributed by atoms with Crippen LogP contribution in [0.4, 0.5) is 0 Å². The number of nitrogens with one attached hydrogen (secondary N) is 2. The normalized spacial score (nSPS) is 25.5. The van der Waals surface area contributed by atoms with Crippen LogP contribution in [-0.2, 0) is 16.7 Å². The number of aromatic nitrogens is 1. The van der Waals surface area contributed by atoms with E-state index < -0.39 is 21.5 Å². The van der Waals surface area contributed by atoms with E-state index in [0.29, 0.717) is 16.7 Å². The minimum absolute atomic E-state index is 0.274. The summed E-state index contributed by atoms with van der Waals surface area (Å²) < 4.78 is 17.2. The number of ether oxygens (including phenoxy) is 1. The second-order valence-electron chi connectivity index (χ2n) is 6.71. The number of nitrogens with zero attached hydrogens (tertiary/aromatic N) is 1. The van der Waals surface area contributed by atoms with E-state index in [2.05, 4.69) is 10.3 Å². The van der Waals surface area contributed by atoms with Gasteiger partial charge in [0.05, 0.1) is 17.0 Å². The first-order valence-corrected chi connectivity index (χ1v) is 10.2. The van der Waals surface area contributed by atoms with Gasteiger partial charge in [-0.15, -0.1) is 11.3 Å². The number of thiophene rings is 1. The largest absolute Gasteiger partial charge is 0.616 e. The molecule has 0 aromatic carbocycles. The molecule has 0 aliphatic carbocycles. The van der Waals surface area contributed by atoms with Crippen molar-refractivity contribution in [2.45, 2.75) is 31.1 Å². The third-order valence-electron chi connectivity index (χ3n) is 4.41. The molecule has 0 radical (unpaired) electrons. The van der Waals surface area contributed by atoms with Crippen LogP contribution in [0, 0.1) is 5.41 Å². The summed E-state index contributed by atoms with van der Waals surface area (Å²) >= 11 is 6.88. The van der Waals surface area contributed by atoms with Crippen LogP contribution in [-0.4, -0.2) is 33.0 Å². The topological polar surface area (TPSA) is 81.1 Å². The van der Waals surface area contributed by atoms with Gasteiger partial charge in [0.25, 0.3) is 0 Å². The van der Waals surface area contributed by atoms with E-state index in [9.17, 15) is 4.55 Å². The molecule has 3 rings (SSSR count). The van der Waals surface area contributed by atoms with Crippen molar-refractivity contribution >= 4 is 39.9 Å². The third kappa shape index (κ3) is 3.26. The maximum atomic E-state index is 12.7. The highest BCUT2D eigenvalue weighted by atomic mass is 35.5. The summed E-state index contributed by atoms with van der Waals surface area (Å²) in [6.45, 7) is 5.59. The third-order valence-corrected chi connectivity index (χ3v) is 8.45. The van der Waals surface area contributed by atoms with Crippen molar-refractivity contribution in [3.05, 3.63) is 34.3 Å². The summed E-state index contributed by atoms with van der Waals surface area (Å²) in [5, 5.41) is 12.1. The molecule has 1 aliphatic rings. The Morgan fingerprint density at radius 3 is 2.76 bits per heavy atom. The molecule has 3 heterocycles. The van der Waals surface area contributed by atoms with Gasteiger partial charge in [-0.25, -0.2) is 4.98 Å². The lowest BCUT2D eigenvalue weighted by Gasteiger charge is -2.43. The van der Waals surface area contributed by atoms with Gasteiger partial charge in [0, 0.05) is 17.1 Å². The van der Waals surface area contributed by atoms with Crippen molar-refractivity contribution in [3.63, 3.8) is 0 Å². The van der Waals surface area contributed by atoms with Crippen molar-refractivity contribution in [2.75, 3.05) is 12.9 Å². The van der Waals surface area contributed by atoms with Crippen molar-refractivity contribution in [1.29, 1.82) is 5.41 Å². The number of rotatable bonds is 3. The molecule has 1 aliphatic heterocycles. The monoisotopic (exact) mass is 397 g/mol. The number of methoxy groups -OCH3 is 1. The average molecular weight is 398 g/mol. The molecular weight excluding hydrogens is 378 g/mol. The van der Waals surface area contributed by atoms with Crippen LogP contribution in [0.5, 0.6) is 5.88 Å². The van der Waals surface area contributed by atoms with Crippen molar-refractivity contribution in [1.82, 2.24) is 10.3 Å². The van der Waals surface area contributed by atoms with Crippen molar-refractivity contribution in [2.24, 2.45) is 0 Å². The van der Waals surface area contributed by atoms with Crippen molar-refractivity contribution < 1.29 is 9.29 Å². The Labute approximate surface area is 159 Å². The number of hydrogen-bond donors (Lipinski definition) is 2. The van der Waals surface area contributed by atoms with E-state index >= 15 is 0 Å². The van der Waals surface area contributed by atoms with Crippen LogP contribution in [0.25, 0.3) is 10.4 Å². The molecule has 2 aromatic rings. The standard InChI is InChI=1S/C17H20ClN3O2S2/c1-16(2)15(19)21-17(3,9-25(16)22)14-11(18)8-12(24-14)10-5-6-20-13(7-10)23-4/h5-8H,9H2,1-4H3,(H2,19,21)/t17-,25?/m0/s1. The Balaban J connectivity index is 1.99. The fourth-order valence-electron chi connectivity index (χ4n) is 2.70. The van der Waals surface area contributed by atoms with E-state index in [1.54, 1.807) is 13.3 Å². The molecule has 5 nitrogen and oxygen atoms in total. The molecule has 134 valence electrons. The quantitative estimate of drug-likeness (QED) is 0.772. The molecule has 1 unspecified atom stereocenters. The zero-order valence-electron chi connectivity index (χ0n) is 14.5. The lowest BCUT2D eigenvalue weighted by atomic mass is 10.00. The first-order chi connectivity index (χ1) is 11.7. The summed E-state index contributed by atoms with van der Waals surface area (Å²) in [6.07, 6.45) is 1.69. The molecule has 1 saturated heterocycles. The van der Waals surface area contributed by atoms with Gasteiger partial charge in [-0.05, 0) is 49.6 Å². The van der Waals surface area contributed by atoms with Gasteiger partial charge in [0.1, 0.15) is 11.3 Å². The maximum absolute atomic E-state index is 12.7. The highest BCUT2D eigenvalue weighted by molar-refractivity contribution is 7.93. The molecule has 25 heavy (non-hydrogen) atoms. The summed E-state index contributed by atoms with van der Waals surface area (Å²) in [5.41, 5.74) is 0.329. The van der Waals surface area contributed by atoms with Crippen LogP contribution < -0.4 is 10.1 Å². The van der Waals surface area contributed by atoms with Crippen LogP contribution in [0.15, 0.2) is 24.4 Å². The molecule has 0 saturated carbocycles. The summed E-state index contributed by atoms with van der Waals surface area (Å²) in [6, 6.07) is 5.65. The number of amidine groups is 1. The minimum atomic E-state index is -1.17. The van der Waals surface area contributed by atoms with Gasteiger partial charge in [-0.2, -0.15) is 0 Å². The predicted octanol–water partition coefficient (Wildman–Crippen LogP) is 3.80. The highest BCUT2D eigenvalue weighted by Crippen LogP contribution is 2.44. The second-order valence-corrected chi connectivity index (χ2v) is 10.2. The predicted molar refractivity (Wildman–Crippen MR) is 104 cm³/mol. The molecule has 0 spiro atoms. The van der Waals surface area contributed by atoms with Gasteiger partial charge in [0.2, 0.25) is 5.88 Å². The first-order valence-electron chi connectivity index (χ1n) is 7.73. The highest BCUT2D eigenvalue weighted by Gasteiger charge is 2.50. The Kier molecular flexibility index (Phi) is 4.79. The van der Waals surface area contributed by atoms with E-state index in [0.717, 1.165) is 15.3 Å². The number of pyridine rings is 1. The molecule has 2 N–H and O–H groups in total. The zero-order valence-corrected chi connectivity index (χ0v) is 16.9. The SMILES string of the molecule is COc1cc(-c2cc(Cl)c([C@]3(C)C[S+]([O-])C(C)(C)C(=N)N3)s2)ccn1. The number of halogens is 1. The Morgan fingerprint density at radius 1 is 1.40 bits per heavy atom. The Bertz CT molecular complexity index is 824. The Hall–Kier alpha value is -1.28. The first kappa shape index (κ1) is 18.5. The van der Waals surface area contributed by atoms with Gasteiger partial charge in [-0.1, -0.05) is 11.6 Å². The fraction of sp³-hybridized carbons (Fsp3) is 0.412. The molecule has 0 bridgehead atoms. The van der Waals surface area contributed by atoms with Crippen LogP contribution >= 0.6 is 22.9 Å². The molecule has 0 amide bonds. The molecule has 2 aromatic heterocycles. The lowest BCUT2D eigenvalue weighted by molar-refractivity contribution is 0.398. The van der Waals surface area contributed by atoms with Gasteiger partial charge in [0.15, 0.2) is 10.6 Å². The maximum Gasteiger partial charge on any atom is 0.213 e. The van der Waals surface area contributed by atoms with Gasteiger partial charge >= 0.3 is 0 Å². The van der Waals surface area contributed by atoms with Gasteiger partial charge < -0.3 is 14.6 Å². The number of hydrogen-bond acceptors (Lipinski definition) is 5.